The zero-order valence-corrected chi connectivity index (χ0v) is 8.99. The van der Waals surface area contributed by atoms with Gasteiger partial charge in [-0.05, 0) is 11.1 Å². The fourth-order valence-corrected chi connectivity index (χ4v) is 1.35. The molecule has 17 heavy (non-hydrogen) atoms. The van der Waals surface area contributed by atoms with Crippen LogP contribution in [0.2, 0.25) is 0 Å². The van der Waals surface area contributed by atoms with Gasteiger partial charge in [0.05, 0.1) is 13.5 Å². The Kier molecular flexibility index (Phi) is 4.11. The highest BCUT2D eigenvalue weighted by Crippen LogP contribution is 2.23. The number of benzene rings is 1. The summed E-state index contributed by atoms with van der Waals surface area (Å²) < 4.78 is 40.7. The number of ether oxygens (including phenoxy) is 1. The minimum Gasteiger partial charge on any atom is -0.467 e. The summed E-state index contributed by atoms with van der Waals surface area (Å²) in [5, 5.41) is 9.46. The number of alkyl halides is 3. The second-order valence-corrected chi connectivity index (χ2v) is 3.46. The fourth-order valence-electron chi connectivity index (χ4n) is 1.35. The van der Waals surface area contributed by atoms with Crippen molar-refractivity contribution >= 4 is 5.97 Å². The maximum Gasteiger partial charge on any atom is 0.393 e. The highest BCUT2D eigenvalue weighted by Gasteiger charge is 2.28. The van der Waals surface area contributed by atoms with E-state index >= 15 is 0 Å². The van der Waals surface area contributed by atoms with E-state index in [4.69, 9.17) is 0 Å². The van der Waals surface area contributed by atoms with E-state index in [1.807, 2.05) is 0 Å². The van der Waals surface area contributed by atoms with Crippen LogP contribution in [0.1, 0.15) is 17.2 Å². The van der Waals surface area contributed by atoms with Crippen LogP contribution in [-0.2, 0) is 16.0 Å². The first-order valence-electron chi connectivity index (χ1n) is 4.75. The van der Waals surface area contributed by atoms with E-state index in [9.17, 15) is 23.1 Å². The van der Waals surface area contributed by atoms with Crippen LogP contribution in [0.4, 0.5) is 13.2 Å². The lowest BCUT2D eigenvalue weighted by molar-refractivity contribution is -0.150. The topological polar surface area (TPSA) is 46.5 Å². The summed E-state index contributed by atoms with van der Waals surface area (Å²) in [5.41, 5.74) is 0.0663. The Bertz CT molecular complexity index is 401. The molecule has 1 N–H and O–H groups in total. The minimum absolute atomic E-state index is 0.0158. The van der Waals surface area contributed by atoms with Gasteiger partial charge in [-0.15, -0.1) is 0 Å². The average molecular weight is 248 g/mol. The Hall–Kier alpha value is -1.56. The van der Waals surface area contributed by atoms with Gasteiger partial charge in [-0.3, -0.25) is 0 Å². The molecule has 0 radical (unpaired) electrons. The van der Waals surface area contributed by atoms with E-state index in [1.165, 1.54) is 18.2 Å². The van der Waals surface area contributed by atoms with Crippen molar-refractivity contribution in [2.45, 2.75) is 18.7 Å². The number of carbonyl (C=O) groups is 1. The van der Waals surface area contributed by atoms with Crippen LogP contribution < -0.4 is 0 Å². The quantitative estimate of drug-likeness (QED) is 0.832. The van der Waals surface area contributed by atoms with Gasteiger partial charge >= 0.3 is 12.1 Å². The molecule has 0 saturated heterocycles. The van der Waals surface area contributed by atoms with Crippen LogP contribution in [0.25, 0.3) is 0 Å². The Labute approximate surface area is 95.8 Å². The molecule has 0 aromatic heterocycles. The summed E-state index contributed by atoms with van der Waals surface area (Å²) in [6.07, 6.45) is -6.99. The maximum atomic E-state index is 12.1. The third kappa shape index (κ3) is 4.07. The van der Waals surface area contributed by atoms with Gasteiger partial charge in [-0.2, -0.15) is 13.2 Å². The Morgan fingerprint density at radius 2 is 2.12 bits per heavy atom. The van der Waals surface area contributed by atoms with Crippen LogP contribution in [0.3, 0.4) is 0 Å². The normalized spacial score (nSPS) is 13.2. The third-order valence-electron chi connectivity index (χ3n) is 2.10. The predicted molar refractivity (Wildman–Crippen MR) is 53.2 cm³/mol. The van der Waals surface area contributed by atoms with Crippen molar-refractivity contribution in [3.63, 3.8) is 0 Å². The molecule has 0 heterocycles. The average Bonchev–Trinajstić information content (AvgIpc) is 2.25. The van der Waals surface area contributed by atoms with Crippen LogP contribution >= 0.6 is 0 Å². The predicted octanol–water partition coefficient (Wildman–Crippen LogP) is 2.00. The molecule has 0 amide bonds. The summed E-state index contributed by atoms with van der Waals surface area (Å²) in [7, 11) is 1.09. The number of methoxy groups -OCH3 is 1. The van der Waals surface area contributed by atoms with Crippen molar-refractivity contribution in [1.82, 2.24) is 0 Å². The highest BCUT2D eigenvalue weighted by molar-refractivity contribution is 5.76. The third-order valence-corrected chi connectivity index (χ3v) is 2.10. The summed E-state index contributed by atoms with van der Waals surface area (Å²) in [5.74, 6) is -0.908. The van der Waals surface area contributed by atoms with Gasteiger partial charge in [0.1, 0.15) is 0 Å². The number of esters is 1. The lowest BCUT2D eigenvalue weighted by Crippen LogP contribution is -2.15. The van der Waals surface area contributed by atoms with E-state index in [0.717, 1.165) is 13.2 Å². The molecule has 1 atom stereocenters. The van der Waals surface area contributed by atoms with Gasteiger partial charge in [0.2, 0.25) is 0 Å². The molecule has 0 aliphatic heterocycles. The van der Waals surface area contributed by atoms with E-state index in [0.29, 0.717) is 0 Å². The fraction of sp³-hybridized carbons (Fsp3) is 0.364. The second kappa shape index (κ2) is 5.18. The molecule has 0 fully saturated rings. The van der Waals surface area contributed by atoms with Gasteiger partial charge in [-0.1, -0.05) is 24.3 Å². The minimum atomic E-state index is -4.32. The number of aliphatic hydroxyl groups excluding tert-OH is 1. The SMILES string of the molecule is COC(=O)C(O)c1cccc(CC(F)(F)F)c1. The summed E-state index contributed by atoms with van der Waals surface area (Å²) >= 11 is 0. The number of carbonyl (C=O) groups excluding carboxylic acids is 1. The molecule has 0 aliphatic rings. The number of hydrogen-bond acceptors (Lipinski definition) is 3. The van der Waals surface area contributed by atoms with E-state index < -0.39 is 24.7 Å². The standard InChI is InChI=1S/C11H11F3O3/c1-17-10(16)9(15)8-4-2-3-7(5-8)6-11(12,13)14/h2-5,9,15H,6H2,1H3. The van der Waals surface area contributed by atoms with Crippen LogP contribution in [-0.4, -0.2) is 24.4 Å². The summed E-state index contributed by atoms with van der Waals surface area (Å²) in [6, 6.07) is 5.13. The number of hydrogen-bond donors (Lipinski definition) is 1. The van der Waals surface area contributed by atoms with Crippen LogP contribution in [0.15, 0.2) is 24.3 Å². The van der Waals surface area contributed by atoms with Crippen molar-refractivity contribution in [1.29, 1.82) is 0 Å². The van der Waals surface area contributed by atoms with Gasteiger partial charge in [-0.25, -0.2) is 4.79 Å². The van der Waals surface area contributed by atoms with Crippen LogP contribution in [0, 0.1) is 0 Å². The smallest absolute Gasteiger partial charge is 0.393 e. The lowest BCUT2D eigenvalue weighted by atomic mass is 10.0. The zero-order valence-electron chi connectivity index (χ0n) is 8.99. The maximum absolute atomic E-state index is 12.1. The van der Waals surface area contributed by atoms with E-state index in [1.54, 1.807) is 0 Å². The molecule has 0 spiro atoms. The van der Waals surface area contributed by atoms with E-state index in [2.05, 4.69) is 4.74 Å². The van der Waals surface area contributed by atoms with Crippen molar-refractivity contribution in [3.05, 3.63) is 35.4 Å². The number of rotatable bonds is 3. The molecule has 3 nitrogen and oxygen atoms in total. The first-order chi connectivity index (χ1) is 7.83. The zero-order chi connectivity index (χ0) is 13.1. The van der Waals surface area contributed by atoms with Gasteiger partial charge < -0.3 is 9.84 Å². The van der Waals surface area contributed by atoms with Crippen molar-refractivity contribution < 1.29 is 27.8 Å². The molecular formula is C11H11F3O3. The van der Waals surface area contributed by atoms with E-state index in [-0.39, 0.29) is 11.1 Å². The molecule has 6 heteroatoms. The highest BCUT2D eigenvalue weighted by atomic mass is 19.4. The molecule has 1 rings (SSSR count). The Morgan fingerprint density at radius 1 is 1.47 bits per heavy atom. The monoisotopic (exact) mass is 248 g/mol. The molecule has 1 aromatic carbocycles. The lowest BCUT2D eigenvalue weighted by Gasteiger charge is -2.11. The molecule has 0 saturated carbocycles. The number of halogens is 3. The molecular weight excluding hydrogens is 237 g/mol. The van der Waals surface area contributed by atoms with Gasteiger partial charge in [0.25, 0.3) is 0 Å². The first kappa shape index (κ1) is 13.5. The molecule has 1 aromatic rings. The van der Waals surface area contributed by atoms with Gasteiger partial charge in [0.15, 0.2) is 6.10 Å². The van der Waals surface area contributed by atoms with Crippen molar-refractivity contribution in [3.8, 4) is 0 Å². The molecule has 1 unspecified atom stereocenters. The first-order valence-corrected chi connectivity index (χ1v) is 4.75. The Morgan fingerprint density at radius 3 is 2.65 bits per heavy atom. The van der Waals surface area contributed by atoms with Crippen molar-refractivity contribution in [2.24, 2.45) is 0 Å². The molecule has 94 valence electrons. The summed E-state index contributed by atoms with van der Waals surface area (Å²) in [4.78, 5) is 11.0. The Balaban J connectivity index is 2.89. The summed E-state index contributed by atoms with van der Waals surface area (Å²) in [6.45, 7) is 0. The van der Waals surface area contributed by atoms with Crippen molar-refractivity contribution in [2.75, 3.05) is 7.11 Å². The van der Waals surface area contributed by atoms with Crippen LogP contribution in [0.5, 0.6) is 0 Å². The molecule has 0 bridgehead atoms. The van der Waals surface area contributed by atoms with Gasteiger partial charge in [0, 0.05) is 0 Å². The largest absolute Gasteiger partial charge is 0.467 e. The second-order valence-electron chi connectivity index (χ2n) is 3.46. The number of aliphatic hydroxyl groups is 1. The molecule has 0 aliphatic carbocycles.